The summed E-state index contributed by atoms with van der Waals surface area (Å²) in [6.45, 7) is 0. The summed E-state index contributed by atoms with van der Waals surface area (Å²) in [5.74, 6) is 0.809. The molecule has 3 aliphatic rings. The molecule has 0 atom stereocenters. The molecule has 0 spiro atoms. The maximum absolute atomic E-state index is 13.1. The Morgan fingerprint density at radius 2 is 1.65 bits per heavy atom. The van der Waals surface area contributed by atoms with Gasteiger partial charge in [-0.2, -0.15) is 0 Å². The predicted molar refractivity (Wildman–Crippen MR) is 76.4 cm³/mol. The number of hydrogen-bond donors (Lipinski definition) is 1. The smallest absolute Gasteiger partial charge is 0.248 e. The molecule has 0 amide bonds. The molecule has 0 saturated heterocycles. The lowest BCUT2D eigenvalue weighted by Crippen LogP contribution is -2.27. The van der Waals surface area contributed by atoms with Crippen molar-refractivity contribution in [2.75, 3.05) is 0 Å². The van der Waals surface area contributed by atoms with Crippen LogP contribution in [-0.4, -0.2) is 4.98 Å². The number of hydrogen-bond acceptors (Lipinski definition) is 1. The standard InChI is InChI=1S/C17H16FNO/c18-13-7-5-10(6-8-13)14-9-15(20)19-17-12-3-1-11(2-4-12)16(14)17/h5-9,11-12H,1-4H2,(H,19,20). The summed E-state index contributed by atoms with van der Waals surface area (Å²) in [4.78, 5) is 15.0. The third-order valence-corrected chi connectivity index (χ3v) is 4.81. The van der Waals surface area contributed by atoms with Gasteiger partial charge >= 0.3 is 0 Å². The summed E-state index contributed by atoms with van der Waals surface area (Å²) in [7, 11) is 0. The molecule has 2 nitrogen and oxygen atoms in total. The number of pyridine rings is 1. The fourth-order valence-electron chi connectivity index (χ4n) is 3.89. The number of nitrogens with one attached hydrogen (secondary N) is 1. The summed E-state index contributed by atoms with van der Waals surface area (Å²) in [6.07, 6.45) is 4.77. The van der Waals surface area contributed by atoms with Gasteiger partial charge in [-0.3, -0.25) is 4.79 Å². The van der Waals surface area contributed by atoms with Crippen LogP contribution in [0.4, 0.5) is 4.39 Å². The largest absolute Gasteiger partial charge is 0.326 e. The zero-order chi connectivity index (χ0) is 13.7. The minimum Gasteiger partial charge on any atom is -0.326 e. The van der Waals surface area contributed by atoms with E-state index in [0.29, 0.717) is 11.8 Å². The fourth-order valence-corrected chi connectivity index (χ4v) is 3.89. The van der Waals surface area contributed by atoms with E-state index in [9.17, 15) is 9.18 Å². The van der Waals surface area contributed by atoms with Gasteiger partial charge in [0.1, 0.15) is 5.82 Å². The zero-order valence-corrected chi connectivity index (χ0v) is 11.2. The maximum atomic E-state index is 13.1. The van der Waals surface area contributed by atoms with Crippen LogP contribution in [-0.2, 0) is 0 Å². The van der Waals surface area contributed by atoms with Gasteiger partial charge in [0.25, 0.3) is 0 Å². The molecule has 1 heterocycles. The number of rotatable bonds is 1. The molecule has 0 unspecified atom stereocenters. The second kappa shape index (κ2) is 4.30. The highest BCUT2D eigenvalue weighted by Gasteiger charge is 2.35. The molecule has 20 heavy (non-hydrogen) atoms. The van der Waals surface area contributed by atoms with Crippen molar-refractivity contribution in [3.05, 3.63) is 57.8 Å². The van der Waals surface area contributed by atoms with Crippen LogP contribution in [0.25, 0.3) is 11.1 Å². The lowest BCUT2D eigenvalue weighted by molar-refractivity contribution is 0.351. The minimum atomic E-state index is -0.242. The molecular formula is C17H16FNO. The first kappa shape index (κ1) is 11.9. The third kappa shape index (κ3) is 1.73. The summed E-state index contributed by atoms with van der Waals surface area (Å²) in [5.41, 5.74) is 4.34. The molecule has 3 aliphatic carbocycles. The molecule has 1 saturated carbocycles. The van der Waals surface area contributed by atoms with Gasteiger partial charge in [-0.05, 0) is 66.3 Å². The van der Waals surface area contributed by atoms with Crippen LogP contribution in [0.15, 0.2) is 35.1 Å². The van der Waals surface area contributed by atoms with E-state index in [2.05, 4.69) is 4.98 Å². The van der Waals surface area contributed by atoms with Gasteiger partial charge in [0, 0.05) is 11.8 Å². The van der Waals surface area contributed by atoms with Crippen molar-refractivity contribution in [1.82, 2.24) is 4.98 Å². The number of aromatic amines is 1. The molecule has 1 aromatic carbocycles. The van der Waals surface area contributed by atoms with Crippen molar-refractivity contribution in [3.8, 4) is 11.1 Å². The molecule has 1 N–H and O–H groups in total. The Morgan fingerprint density at radius 1 is 1.00 bits per heavy atom. The Labute approximate surface area is 116 Å². The van der Waals surface area contributed by atoms with Crippen LogP contribution in [0.3, 0.4) is 0 Å². The van der Waals surface area contributed by atoms with E-state index < -0.39 is 0 Å². The van der Waals surface area contributed by atoms with Gasteiger partial charge in [-0.15, -0.1) is 0 Å². The van der Waals surface area contributed by atoms with Gasteiger partial charge < -0.3 is 4.98 Å². The number of H-pyrrole nitrogens is 1. The molecular weight excluding hydrogens is 253 g/mol. The zero-order valence-electron chi connectivity index (χ0n) is 11.2. The predicted octanol–water partition coefficient (Wildman–Crippen LogP) is 3.94. The second-order valence-corrected chi connectivity index (χ2v) is 5.93. The average molecular weight is 269 g/mol. The van der Waals surface area contributed by atoms with Crippen LogP contribution >= 0.6 is 0 Å². The fraction of sp³-hybridized carbons (Fsp3) is 0.353. The van der Waals surface area contributed by atoms with Crippen LogP contribution < -0.4 is 5.56 Å². The Balaban J connectivity index is 1.96. The molecule has 5 rings (SSSR count). The molecule has 2 bridgehead atoms. The van der Waals surface area contributed by atoms with Crippen LogP contribution in [0.1, 0.15) is 48.8 Å². The number of fused-ring (bicyclic) bond motifs is 2. The molecule has 1 fully saturated rings. The van der Waals surface area contributed by atoms with Crippen molar-refractivity contribution in [2.24, 2.45) is 0 Å². The average Bonchev–Trinajstić information content (AvgIpc) is 2.48. The molecule has 3 heteroatoms. The lowest BCUT2D eigenvalue weighted by Gasteiger charge is -2.39. The van der Waals surface area contributed by atoms with E-state index in [0.717, 1.165) is 16.8 Å². The highest BCUT2D eigenvalue weighted by Crippen LogP contribution is 2.50. The number of benzene rings is 1. The van der Waals surface area contributed by atoms with Crippen LogP contribution in [0, 0.1) is 5.82 Å². The van der Waals surface area contributed by atoms with Gasteiger partial charge in [-0.25, -0.2) is 4.39 Å². The highest BCUT2D eigenvalue weighted by molar-refractivity contribution is 5.69. The number of halogens is 1. The van der Waals surface area contributed by atoms with Gasteiger partial charge in [0.05, 0.1) is 0 Å². The van der Waals surface area contributed by atoms with E-state index in [1.807, 2.05) is 0 Å². The molecule has 0 aliphatic heterocycles. The van der Waals surface area contributed by atoms with E-state index in [1.165, 1.54) is 43.4 Å². The molecule has 2 aromatic rings. The Bertz CT molecular complexity index is 709. The monoisotopic (exact) mass is 269 g/mol. The SMILES string of the molecule is O=c1cc(-c2ccc(F)cc2)c2c([nH]1)C1CCC2CC1. The quantitative estimate of drug-likeness (QED) is 0.835. The summed E-state index contributed by atoms with van der Waals surface area (Å²) in [6, 6.07) is 8.14. The third-order valence-electron chi connectivity index (χ3n) is 4.81. The second-order valence-electron chi connectivity index (χ2n) is 5.93. The van der Waals surface area contributed by atoms with Gasteiger partial charge in [0.2, 0.25) is 5.56 Å². The molecule has 102 valence electrons. The van der Waals surface area contributed by atoms with Crippen molar-refractivity contribution in [1.29, 1.82) is 0 Å². The first-order valence-electron chi connectivity index (χ1n) is 7.25. The normalized spacial score (nSPS) is 23.6. The maximum Gasteiger partial charge on any atom is 0.248 e. The van der Waals surface area contributed by atoms with E-state index in [4.69, 9.17) is 0 Å². The van der Waals surface area contributed by atoms with E-state index in [-0.39, 0.29) is 11.4 Å². The summed E-state index contributed by atoms with van der Waals surface area (Å²) in [5, 5.41) is 0. The minimum absolute atomic E-state index is 0.0457. The summed E-state index contributed by atoms with van der Waals surface area (Å²) < 4.78 is 13.1. The van der Waals surface area contributed by atoms with E-state index >= 15 is 0 Å². The Kier molecular flexibility index (Phi) is 2.56. The lowest BCUT2D eigenvalue weighted by atomic mass is 9.67. The first-order valence-corrected chi connectivity index (χ1v) is 7.25. The van der Waals surface area contributed by atoms with Crippen LogP contribution in [0.2, 0.25) is 0 Å². The van der Waals surface area contributed by atoms with Crippen molar-refractivity contribution in [3.63, 3.8) is 0 Å². The summed E-state index contributed by atoms with van der Waals surface area (Å²) >= 11 is 0. The Morgan fingerprint density at radius 3 is 2.35 bits per heavy atom. The molecule has 0 radical (unpaired) electrons. The molecule has 1 aromatic heterocycles. The van der Waals surface area contributed by atoms with E-state index in [1.54, 1.807) is 18.2 Å². The van der Waals surface area contributed by atoms with Gasteiger partial charge in [0.15, 0.2) is 0 Å². The van der Waals surface area contributed by atoms with Gasteiger partial charge in [-0.1, -0.05) is 12.1 Å². The first-order chi connectivity index (χ1) is 9.72. The van der Waals surface area contributed by atoms with Crippen molar-refractivity contribution >= 4 is 0 Å². The van der Waals surface area contributed by atoms with Crippen molar-refractivity contribution < 1.29 is 4.39 Å². The Hall–Kier alpha value is -1.90. The number of aromatic nitrogens is 1. The van der Waals surface area contributed by atoms with Crippen LogP contribution in [0.5, 0.6) is 0 Å². The van der Waals surface area contributed by atoms with Crippen molar-refractivity contribution in [2.45, 2.75) is 37.5 Å². The topological polar surface area (TPSA) is 32.9 Å². The highest BCUT2D eigenvalue weighted by atomic mass is 19.1.